The normalized spacial score (nSPS) is 16.6. The molecule has 0 amide bonds. The highest BCUT2D eigenvalue weighted by molar-refractivity contribution is 5.97. The van der Waals surface area contributed by atoms with Crippen LogP contribution in [-0.4, -0.2) is 18.4 Å². The summed E-state index contributed by atoms with van der Waals surface area (Å²) in [6.07, 6.45) is 4.71. The third-order valence-electron chi connectivity index (χ3n) is 3.08. The van der Waals surface area contributed by atoms with Crippen molar-refractivity contribution in [1.82, 2.24) is 5.32 Å². The van der Waals surface area contributed by atoms with Crippen molar-refractivity contribution < 1.29 is 9.18 Å². The zero-order valence-electron chi connectivity index (χ0n) is 9.21. The van der Waals surface area contributed by atoms with Gasteiger partial charge in [-0.25, -0.2) is 4.39 Å². The molecule has 3 heteroatoms. The van der Waals surface area contributed by atoms with Crippen molar-refractivity contribution >= 4 is 5.78 Å². The molecule has 0 aliphatic heterocycles. The Morgan fingerprint density at radius 1 is 1.31 bits per heavy atom. The molecule has 2 nitrogen and oxygen atoms in total. The molecule has 0 unspecified atom stereocenters. The Hall–Kier alpha value is -1.22. The smallest absolute Gasteiger partial charge is 0.179 e. The molecular weight excluding hydrogens is 205 g/mol. The van der Waals surface area contributed by atoms with Crippen LogP contribution in [0.15, 0.2) is 24.3 Å². The third kappa shape index (κ3) is 2.67. The van der Waals surface area contributed by atoms with Gasteiger partial charge in [0.05, 0.1) is 12.1 Å². The first-order chi connectivity index (χ1) is 7.77. The van der Waals surface area contributed by atoms with E-state index in [9.17, 15) is 9.18 Å². The summed E-state index contributed by atoms with van der Waals surface area (Å²) in [5.41, 5.74) is 0.188. The van der Waals surface area contributed by atoms with E-state index in [1.54, 1.807) is 12.1 Å². The number of carbonyl (C=O) groups is 1. The van der Waals surface area contributed by atoms with Gasteiger partial charge in [0, 0.05) is 6.04 Å². The highest BCUT2D eigenvalue weighted by atomic mass is 19.1. The molecule has 1 fully saturated rings. The van der Waals surface area contributed by atoms with Crippen LogP contribution in [0.25, 0.3) is 0 Å². The molecule has 1 aliphatic carbocycles. The van der Waals surface area contributed by atoms with Crippen molar-refractivity contribution in [3.8, 4) is 0 Å². The van der Waals surface area contributed by atoms with E-state index in [-0.39, 0.29) is 17.9 Å². The van der Waals surface area contributed by atoms with Crippen molar-refractivity contribution in [1.29, 1.82) is 0 Å². The second-order valence-electron chi connectivity index (χ2n) is 4.27. The number of benzene rings is 1. The van der Waals surface area contributed by atoms with Gasteiger partial charge in [0.1, 0.15) is 5.82 Å². The van der Waals surface area contributed by atoms with Gasteiger partial charge in [0.15, 0.2) is 5.78 Å². The number of ketones is 1. The van der Waals surface area contributed by atoms with E-state index in [0.717, 1.165) is 12.8 Å². The summed E-state index contributed by atoms with van der Waals surface area (Å²) < 4.78 is 13.3. The molecule has 16 heavy (non-hydrogen) atoms. The average Bonchev–Trinajstić information content (AvgIpc) is 2.79. The molecule has 0 saturated heterocycles. The van der Waals surface area contributed by atoms with Crippen LogP contribution in [0.4, 0.5) is 4.39 Å². The summed E-state index contributed by atoms with van der Waals surface area (Å²) in [7, 11) is 0. The average molecular weight is 221 g/mol. The van der Waals surface area contributed by atoms with Gasteiger partial charge in [-0.3, -0.25) is 4.79 Å². The van der Waals surface area contributed by atoms with Crippen molar-refractivity contribution in [3.63, 3.8) is 0 Å². The maximum atomic E-state index is 13.3. The first-order valence-electron chi connectivity index (χ1n) is 5.78. The fourth-order valence-electron chi connectivity index (χ4n) is 2.15. The Kier molecular flexibility index (Phi) is 3.67. The first-order valence-corrected chi connectivity index (χ1v) is 5.78. The first kappa shape index (κ1) is 11.3. The Balaban J connectivity index is 1.90. The Bertz CT molecular complexity index is 372. The van der Waals surface area contributed by atoms with Gasteiger partial charge in [-0.1, -0.05) is 25.0 Å². The van der Waals surface area contributed by atoms with E-state index in [1.165, 1.54) is 25.0 Å². The number of Topliss-reactive ketones (excluding diaryl/α,β-unsaturated/α-hetero) is 1. The molecule has 1 N–H and O–H groups in total. The summed E-state index contributed by atoms with van der Waals surface area (Å²) in [5, 5.41) is 3.19. The number of nitrogens with one attached hydrogen (secondary N) is 1. The quantitative estimate of drug-likeness (QED) is 0.792. The lowest BCUT2D eigenvalue weighted by atomic mass is 10.1. The fraction of sp³-hybridized carbons (Fsp3) is 0.462. The molecular formula is C13H16FNO. The van der Waals surface area contributed by atoms with Crippen molar-refractivity contribution in [2.24, 2.45) is 0 Å². The largest absolute Gasteiger partial charge is 0.307 e. The molecule has 1 aliphatic rings. The summed E-state index contributed by atoms with van der Waals surface area (Å²) in [5.74, 6) is -0.592. The Morgan fingerprint density at radius 3 is 2.69 bits per heavy atom. The van der Waals surface area contributed by atoms with E-state index in [0.29, 0.717) is 6.04 Å². The van der Waals surface area contributed by atoms with Crippen LogP contribution >= 0.6 is 0 Å². The van der Waals surface area contributed by atoms with Crippen LogP contribution in [0.2, 0.25) is 0 Å². The molecule has 1 aromatic carbocycles. The van der Waals surface area contributed by atoms with Gasteiger partial charge >= 0.3 is 0 Å². The molecule has 0 spiro atoms. The minimum Gasteiger partial charge on any atom is -0.307 e. The molecule has 0 radical (unpaired) electrons. The lowest BCUT2D eigenvalue weighted by Gasteiger charge is -2.10. The molecule has 1 saturated carbocycles. The second-order valence-corrected chi connectivity index (χ2v) is 4.27. The van der Waals surface area contributed by atoms with E-state index in [4.69, 9.17) is 0 Å². The van der Waals surface area contributed by atoms with E-state index in [1.807, 2.05) is 0 Å². The number of hydrogen-bond donors (Lipinski definition) is 1. The van der Waals surface area contributed by atoms with Gasteiger partial charge in [0.2, 0.25) is 0 Å². The summed E-state index contributed by atoms with van der Waals surface area (Å²) in [6, 6.07) is 6.58. The molecule has 86 valence electrons. The van der Waals surface area contributed by atoms with E-state index < -0.39 is 5.82 Å². The van der Waals surface area contributed by atoms with Gasteiger partial charge < -0.3 is 5.32 Å². The Labute approximate surface area is 94.9 Å². The van der Waals surface area contributed by atoms with Gasteiger partial charge in [-0.15, -0.1) is 0 Å². The van der Waals surface area contributed by atoms with Gasteiger partial charge in [0.25, 0.3) is 0 Å². The standard InChI is InChI=1S/C13H16FNO/c14-12-8-4-3-7-11(12)13(16)9-15-10-5-1-2-6-10/h3-4,7-8,10,15H,1-2,5-6,9H2. The number of carbonyl (C=O) groups excluding carboxylic acids is 1. The van der Waals surface area contributed by atoms with E-state index >= 15 is 0 Å². The van der Waals surface area contributed by atoms with Gasteiger partial charge in [-0.05, 0) is 25.0 Å². The van der Waals surface area contributed by atoms with Gasteiger partial charge in [-0.2, -0.15) is 0 Å². The maximum absolute atomic E-state index is 13.3. The molecule has 0 heterocycles. The van der Waals surface area contributed by atoms with Crippen molar-refractivity contribution in [2.45, 2.75) is 31.7 Å². The van der Waals surface area contributed by atoms with Crippen LogP contribution in [0.5, 0.6) is 0 Å². The SMILES string of the molecule is O=C(CNC1CCCC1)c1ccccc1F. The molecule has 1 aromatic rings. The lowest BCUT2D eigenvalue weighted by molar-refractivity contribution is 0.0983. The van der Waals surface area contributed by atoms with Crippen molar-refractivity contribution in [2.75, 3.05) is 6.54 Å². The topological polar surface area (TPSA) is 29.1 Å². The molecule has 0 atom stereocenters. The highest BCUT2D eigenvalue weighted by Crippen LogP contribution is 2.17. The van der Waals surface area contributed by atoms with Crippen LogP contribution < -0.4 is 5.32 Å². The fourth-order valence-corrected chi connectivity index (χ4v) is 2.15. The number of halogens is 1. The van der Waals surface area contributed by atoms with E-state index in [2.05, 4.69) is 5.32 Å². The van der Waals surface area contributed by atoms with Crippen LogP contribution in [0, 0.1) is 5.82 Å². The summed E-state index contributed by atoms with van der Waals surface area (Å²) in [6.45, 7) is 0.242. The van der Waals surface area contributed by atoms with Crippen LogP contribution in [-0.2, 0) is 0 Å². The lowest BCUT2D eigenvalue weighted by Crippen LogP contribution is -2.31. The van der Waals surface area contributed by atoms with Crippen molar-refractivity contribution in [3.05, 3.63) is 35.6 Å². The summed E-state index contributed by atoms with van der Waals surface area (Å²) in [4.78, 5) is 11.7. The number of hydrogen-bond acceptors (Lipinski definition) is 2. The second kappa shape index (κ2) is 5.21. The third-order valence-corrected chi connectivity index (χ3v) is 3.08. The Morgan fingerprint density at radius 2 is 2.00 bits per heavy atom. The minimum absolute atomic E-state index is 0.162. The summed E-state index contributed by atoms with van der Waals surface area (Å²) >= 11 is 0. The predicted octanol–water partition coefficient (Wildman–Crippen LogP) is 2.54. The van der Waals surface area contributed by atoms with Crippen LogP contribution in [0.1, 0.15) is 36.0 Å². The molecule has 0 bridgehead atoms. The molecule has 2 rings (SSSR count). The highest BCUT2D eigenvalue weighted by Gasteiger charge is 2.16. The minimum atomic E-state index is -0.430. The predicted molar refractivity (Wildman–Crippen MR) is 61.0 cm³/mol. The zero-order valence-corrected chi connectivity index (χ0v) is 9.21. The monoisotopic (exact) mass is 221 g/mol. The maximum Gasteiger partial charge on any atom is 0.179 e. The van der Waals surface area contributed by atoms with Crippen LogP contribution in [0.3, 0.4) is 0 Å². The zero-order chi connectivity index (χ0) is 11.4. The molecule has 0 aromatic heterocycles. The number of rotatable bonds is 4.